The van der Waals surface area contributed by atoms with Crippen molar-refractivity contribution in [1.82, 2.24) is 14.5 Å². The number of hydrogen-bond acceptors (Lipinski definition) is 5. The van der Waals surface area contributed by atoms with Crippen molar-refractivity contribution < 1.29 is 14.6 Å². The molecule has 0 amide bonds. The summed E-state index contributed by atoms with van der Waals surface area (Å²) in [4.78, 5) is 7.28. The Labute approximate surface area is 143 Å². The van der Waals surface area contributed by atoms with Crippen LogP contribution in [0.5, 0.6) is 0 Å². The molecule has 0 radical (unpaired) electrons. The van der Waals surface area contributed by atoms with Gasteiger partial charge in [0.25, 0.3) is 0 Å². The second-order valence-electron chi connectivity index (χ2n) is 7.74. The highest BCUT2D eigenvalue weighted by Crippen LogP contribution is 2.44. The zero-order valence-electron chi connectivity index (χ0n) is 15.0. The van der Waals surface area contributed by atoms with Gasteiger partial charge >= 0.3 is 0 Å². The van der Waals surface area contributed by atoms with Crippen molar-refractivity contribution in [2.24, 2.45) is 18.9 Å². The SMILES string of the molecule is Cc1nc(CN2C[C@H]3COCC[C@@]3(O)[C@@H]3COCC[C@@H]32)n(C)c1C. The van der Waals surface area contributed by atoms with E-state index in [0.29, 0.717) is 25.9 Å². The van der Waals surface area contributed by atoms with Crippen molar-refractivity contribution >= 4 is 0 Å². The number of piperidine rings is 1. The van der Waals surface area contributed by atoms with Gasteiger partial charge in [-0.3, -0.25) is 4.90 Å². The van der Waals surface area contributed by atoms with E-state index in [0.717, 1.165) is 44.1 Å². The van der Waals surface area contributed by atoms with Crippen molar-refractivity contribution in [1.29, 1.82) is 0 Å². The monoisotopic (exact) mass is 335 g/mol. The van der Waals surface area contributed by atoms with Crippen LogP contribution in [0.2, 0.25) is 0 Å². The third-order valence-electron chi connectivity index (χ3n) is 6.61. The van der Waals surface area contributed by atoms with E-state index < -0.39 is 5.60 Å². The fourth-order valence-corrected chi connectivity index (χ4v) is 4.86. The van der Waals surface area contributed by atoms with Crippen molar-refractivity contribution in [3.8, 4) is 0 Å². The van der Waals surface area contributed by atoms with Gasteiger partial charge in [-0.05, 0) is 20.3 Å². The average molecular weight is 335 g/mol. The zero-order valence-corrected chi connectivity index (χ0v) is 15.0. The average Bonchev–Trinajstić information content (AvgIpc) is 2.83. The van der Waals surface area contributed by atoms with Crippen LogP contribution in [-0.2, 0) is 23.1 Å². The molecule has 134 valence electrons. The van der Waals surface area contributed by atoms with Crippen LogP contribution in [0.25, 0.3) is 0 Å². The van der Waals surface area contributed by atoms with E-state index in [9.17, 15) is 5.11 Å². The number of imidazole rings is 1. The molecule has 4 heterocycles. The van der Waals surface area contributed by atoms with Crippen LogP contribution in [0.1, 0.15) is 30.1 Å². The molecule has 6 heteroatoms. The number of hydrogen-bond donors (Lipinski definition) is 1. The maximum Gasteiger partial charge on any atom is 0.123 e. The Bertz CT molecular complexity index is 617. The molecular weight excluding hydrogens is 306 g/mol. The lowest BCUT2D eigenvalue weighted by Crippen LogP contribution is -2.67. The molecular formula is C18H29N3O3. The molecule has 4 atom stereocenters. The summed E-state index contributed by atoms with van der Waals surface area (Å²) in [5.41, 5.74) is 1.70. The standard InChI is InChI=1S/C18H29N3O3/c1-12-13(2)20(3)17(19-12)9-21-8-14-10-24-7-5-18(14,22)15-11-23-6-4-16(15)21/h14-16,22H,4-11H2,1-3H3/t14-,15+,16-,18-/m0/s1. The Balaban J connectivity index is 1.62. The summed E-state index contributed by atoms with van der Waals surface area (Å²) in [6.45, 7) is 8.65. The second-order valence-corrected chi connectivity index (χ2v) is 7.74. The Morgan fingerprint density at radius 2 is 2.04 bits per heavy atom. The number of aromatic nitrogens is 2. The quantitative estimate of drug-likeness (QED) is 0.875. The van der Waals surface area contributed by atoms with Crippen LogP contribution >= 0.6 is 0 Å². The van der Waals surface area contributed by atoms with Crippen LogP contribution in [0.4, 0.5) is 0 Å². The lowest BCUT2D eigenvalue weighted by molar-refractivity contribution is -0.221. The molecule has 0 unspecified atom stereocenters. The Morgan fingerprint density at radius 3 is 2.79 bits per heavy atom. The number of fused-ring (bicyclic) bond motifs is 3. The van der Waals surface area contributed by atoms with E-state index in [1.807, 2.05) is 0 Å². The topological polar surface area (TPSA) is 59.8 Å². The normalized spacial score (nSPS) is 37.1. The van der Waals surface area contributed by atoms with Gasteiger partial charge in [-0.15, -0.1) is 0 Å². The summed E-state index contributed by atoms with van der Waals surface area (Å²) in [6.07, 6.45) is 1.72. The highest BCUT2D eigenvalue weighted by molar-refractivity contribution is 5.14. The first kappa shape index (κ1) is 16.5. The number of nitrogens with zero attached hydrogens (tertiary/aromatic N) is 3. The lowest BCUT2D eigenvalue weighted by atomic mass is 9.66. The van der Waals surface area contributed by atoms with E-state index in [1.165, 1.54) is 5.69 Å². The minimum absolute atomic E-state index is 0.164. The molecule has 24 heavy (non-hydrogen) atoms. The van der Waals surface area contributed by atoms with Crippen LogP contribution < -0.4 is 0 Å². The molecule has 3 aliphatic rings. The molecule has 4 rings (SSSR count). The van der Waals surface area contributed by atoms with Gasteiger partial charge < -0.3 is 19.1 Å². The highest BCUT2D eigenvalue weighted by Gasteiger charge is 2.55. The molecule has 3 aliphatic heterocycles. The van der Waals surface area contributed by atoms with Gasteiger partial charge in [-0.2, -0.15) is 0 Å². The number of rotatable bonds is 2. The molecule has 1 N–H and O–H groups in total. The Kier molecular flexibility index (Phi) is 4.19. The first-order valence-corrected chi connectivity index (χ1v) is 9.11. The van der Waals surface area contributed by atoms with Crippen molar-refractivity contribution in [2.45, 2.75) is 44.9 Å². The maximum atomic E-state index is 11.4. The minimum atomic E-state index is -0.632. The molecule has 3 fully saturated rings. The van der Waals surface area contributed by atoms with Crippen LogP contribution in [0.3, 0.4) is 0 Å². The van der Waals surface area contributed by atoms with E-state index in [4.69, 9.17) is 14.5 Å². The molecule has 0 saturated carbocycles. The predicted molar refractivity (Wildman–Crippen MR) is 89.7 cm³/mol. The molecule has 0 aromatic carbocycles. The largest absolute Gasteiger partial charge is 0.389 e. The third-order valence-corrected chi connectivity index (χ3v) is 6.61. The van der Waals surface area contributed by atoms with Gasteiger partial charge in [-0.25, -0.2) is 4.98 Å². The van der Waals surface area contributed by atoms with Crippen molar-refractivity contribution in [3.05, 3.63) is 17.2 Å². The van der Waals surface area contributed by atoms with Gasteiger partial charge in [0, 0.05) is 56.8 Å². The smallest absolute Gasteiger partial charge is 0.123 e. The first-order chi connectivity index (χ1) is 11.5. The zero-order chi connectivity index (χ0) is 16.9. The molecule has 0 spiro atoms. The summed E-state index contributed by atoms with van der Waals surface area (Å²) in [5.74, 6) is 1.45. The van der Waals surface area contributed by atoms with E-state index in [-0.39, 0.29) is 11.8 Å². The summed E-state index contributed by atoms with van der Waals surface area (Å²) in [7, 11) is 2.09. The Morgan fingerprint density at radius 1 is 1.25 bits per heavy atom. The molecule has 0 bridgehead atoms. The molecule has 0 aliphatic carbocycles. The fourth-order valence-electron chi connectivity index (χ4n) is 4.86. The van der Waals surface area contributed by atoms with Gasteiger partial charge in [0.05, 0.1) is 31.1 Å². The van der Waals surface area contributed by atoms with Crippen LogP contribution in [0.15, 0.2) is 0 Å². The van der Waals surface area contributed by atoms with Gasteiger partial charge in [0.15, 0.2) is 0 Å². The van der Waals surface area contributed by atoms with Gasteiger partial charge in [-0.1, -0.05) is 0 Å². The molecule has 6 nitrogen and oxygen atoms in total. The highest BCUT2D eigenvalue weighted by atomic mass is 16.5. The van der Waals surface area contributed by atoms with Gasteiger partial charge in [0.2, 0.25) is 0 Å². The van der Waals surface area contributed by atoms with E-state index >= 15 is 0 Å². The maximum absolute atomic E-state index is 11.4. The molecule has 3 saturated heterocycles. The number of ether oxygens (including phenoxy) is 2. The van der Waals surface area contributed by atoms with Crippen LogP contribution in [0, 0.1) is 25.7 Å². The predicted octanol–water partition coefficient (Wildman–Crippen LogP) is 1.03. The first-order valence-electron chi connectivity index (χ1n) is 9.11. The summed E-state index contributed by atoms with van der Waals surface area (Å²) >= 11 is 0. The van der Waals surface area contributed by atoms with Crippen molar-refractivity contribution in [3.63, 3.8) is 0 Å². The van der Waals surface area contributed by atoms with E-state index in [1.54, 1.807) is 0 Å². The van der Waals surface area contributed by atoms with Crippen molar-refractivity contribution in [2.75, 3.05) is 33.0 Å². The van der Waals surface area contributed by atoms with E-state index in [2.05, 4.69) is 30.4 Å². The van der Waals surface area contributed by atoms with Gasteiger partial charge in [0.1, 0.15) is 5.82 Å². The Hall–Kier alpha value is -0.950. The summed E-state index contributed by atoms with van der Waals surface area (Å²) in [5, 5.41) is 11.4. The fraction of sp³-hybridized carbons (Fsp3) is 0.833. The summed E-state index contributed by atoms with van der Waals surface area (Å²) in [6, 6.07) is 0.371. The number of aliphatic hydroxyl groups is 1. The minimum Gasteiger partial charge on any atom is -0.389 e. The number of aryl methyl sites for hydroxylation is 1. The lowest BCUT2D eigenvalue weighted by Gasteiger charge is -2.57. The van der Waals surface area contributed by atoms with Crippen LogP contribution in [-0.4, -0.2) is 64.2 Å². The molecule has 1 aromatic rings. The third kappa shape index (κ3) is 2.51. The second kappa shape index (κ2) is 6.09. The molecule has 1 aromatic heterocycles. The number of likely N-dealkylation sites (tertiary alicyclic amines) is 1. The summed E-state index contributed by atoms with van der Waals surface area (Å²) < 4.78 is 13.6.